The van der Waals surface area contributed by atoms with Gasteiger partial charge in [-0.2, -0.15) is 0 Å². The number of anilines is 1. The first-order valence-corrected chi connectivity index (χ1v) is 10.6. The molecule has 1 aliphatic heterocycles. The smallest absolute Gasteiger partial charge is 0.273 e. The Hall–Kier alpha value is -3.02. The zero-order valence-electron chi connectivity index (χ0n) is 16.2. The average Bonchev–Trinajstić information content (AvgIpc) is 3.00. The third-order valence-corrected chi connectivity index (χ3v) is 5.89. The van der Waals surface area contributed by atoms with Crippen molar-refractivity contribution >= 4 is 46.4 Å². The Labute approximate surface area is 184 Å². The van der Waals surface area contributed by atoms with Gasteiger partial charge in [-0.25, -0.2) is 4.90 Å². The van der Waals surface area contributed by atoms with E-state index < -0.39 is 0 Å². The molecule has 0 aromatic heterocycles. The van der Waals surface area contributed by atoms with Gasteiger partial charge in [0.05, 0.1) is 22.8 Å². The summed E-state index contributed by atoms with van der Waals surface area (Å²) in [5, 5.41) is 0.609. The van der Waals surface area contributed by atoms with Gasteiger partial charge in [0.2, 0.25) is 0 Å². The predicted octanol–water partition coefficient (Wildman–Crippen LogP) is 5.82. The van der Waals surface area contributed by atoms with Gasteiger partial charge in [0.25, 0.3) is 11.8 Å². The fourth-order valence-electron chi connectivity index (χ4n) is 3.22. The molecule has 1 aliphatic rings. The summed E-state index contributed by atoms with van der Waals surface area (Å²) in [6.45, 7) is 2.29. The SMILES string of the molecule is CCOc1ccccc1N1C(=O)C(Sc2ccc(Cl)cc2)=C(c2ccccc2)C1=O. The molecule has 0 saturated carbocycles. The van der Waals surface area contributed by atoms with E-state index in [4.69, 9.17) is 16.3 Å². The molecule has 0 bridgehead atoms. The highest BCUT2D eigenvalue weighted by molar-refractivity contribution is 8.04. The standard InChI is InChI=1S/C24H18ClNO3S/c1-2-29-20-11-7-6-10-19(20)26-23(27)21(16-8-4-3-5-9-16)22(24(26)28)30-18-14-12-17(25)13-15-18/h3-15H,2H2,1H3. The Morgan fingerprint density at radius 3 is 2.23 bits per heavy atom. The molecular weight excluding hydrogens is 418 g/mol. The van der Waals surface area contributed by atoms with Gasteiger partial charge in [0, 0.05) is 9.92 Å². The molecule has 3 aromatic rings. The van der Waals surface area contributed by atoms with E-state index in [0.29, 0.717) is 39.1 Å². The molecule has 1 heterocycles. The summed E-state index contributed by atoms with van der Waals surface area (Å²) in [5.41, 5.74) is 1.52. The summed E-state index contributed by atoms with van der Waals surface area (Å²) in [6, 6.07) is 23.5. The summed E-state index contributed by atoms with van der Waals surface area (Å²) < 4.78 is 5.67. The molecule has 0 radical (unpaired) electrons. The Bertz CT molecular complexity index is 1130. The first-order chi connectivity index (χ1) is 14.6. The third kappa shape index (κ3) is 3.86. The van der Waals surface area contributed by atoms with E-state index in [1.165, 1.54) is 16.7 Å². The number of carbonyl (C=O) groups excluding carboxylic acids is 2. The number of nitrogens with zero attached hydrogens (tertiary/aromatic N) is 1. The minimum Gasteiger partial charge on any atom is -0.492 e. The van der Waals surface area contributed by atoms with Gasteiger partial charge in [-0.15, -0.1) is 0 Å². The lowest BCUT2D eigenvalue weighted by Crippen LogP contribution is -2.31. The Balaban J connectivity index is 1.81. The van der Waals surface area contributed by atoms with Crippen LogP contribution in [-0.2, 0) is 9.59 Å². The van der Waals surface area contributed by atoms with E-state index in [2.05, 4.69) is 0 Å². The van der Waals surface area contributed by atoms with Crippen LogP contribution in [0, 0.1) is 0 Å². The molecule has 0 saturated heterocycles. The molecule has 0 fully saturated rings. The fraction of sp³-hybridized carbons (Fsp3) is 0.0833. The van der Waals surface area contributed by atoms with E-state index in [1.807, 2.05) is 55.5 Å². The number of halogens is 1. The fourth-order valence-corrected chi connectivity index (χ4v) is 4.34. The number of para-hydroxylation sites is 2. The molecule has 0 spiro atoms. The molecular formula is C24H18ClNO3S. The lowest BCUT2D eigenvalue weighted by atomic mass is 10.1. The number of rotatable bonds is 6. The summed E-state index contributed by atoms with van der Waals surface area (Å²) >= 11 is 7.25. The quantitative estimate of drug-likeness (QED) is 0.458. The normalized spacial score (nSPS) is 13.9. The summed E-state index contributed by atoms with van der Waals surface area (Å²) in [6.07, 6.45) is 0. The van der Waals surface area contributed by atoms with Crippen LogP contribution in [0.1, 0.15) is 12.5 Å². The van der Waals surface area contributed by atoms with Crippen molar-refractivity contribution in [1.82, 2.24) is 0 Å². The van der Waals surface area contributed by atoms with Gasteiger partial charge >= 0.3 is 0 Å². The minimum atomic E-state index is -0.369. The van der Waals surface area contributed by atoms with E-state index in [0.717, 1.165) is 4.90 Å². The zero-order valence-corrected chi connectivity index (χ0v) is 17.7. The summed E-state index contributed by atoms with van der Waals surface area (Å²) in [5.74, 6) is -0.243. The minimum absolute atomic E-state index is 0.366. The topological polar surface area (TPSA) is 46.6 Å². The van der Waals surface area contributed by atoms with Crippen LogP contribution in [0.2, 0.25) is 5.02 Å². The molecule has 150 valence electrons. The molecule has 30 heavy (non-hydrogen) atoms. The number of amides is 2. The van der Waals surface area contributed by atoms with Crippen LogP contribution in [-0.4, -0.2) is 18.4 Å². The molecule has 0 aliphatic carbocycles. The maximum atomic E-state index is 13.5. The van der Waals surface area contributed by atoms with Gasteiger partial charge in [-0.05, 0) is 48.9 Å². The maximum Gasteiger partial charge on any atom is 0.273 e. The monoisotopic (exact) mass is 435 g/mol. The number of ether oxygens (including phenoxy) is 1. The molecule has 0 atom stereocenters. The van der Waals surface area contributed by atoms with Crippen LogP contribution in [0.3, 0.4) is 0 Å². The van der Waals surface area contributed by atoms with E-state index in [-0.39, 0.29) is 11.8 Å². The van der Waals surface area contributed by atoms with Gasteiger partial charge in [0.1, 0.15) is 5.75 Å². The first-order valence-electron chi connectivity index (χ1n) is 9.44. The van der Waals surface area contributed by atoms with Gasteiger partial charge in [-0.3, -0.25) is 9.59 Å². The number of carbonyl (C=O) groups is 2. The summed E-state index contributed by atoms with van der Waals surface area (Å²) in [7, 11) is 0. The van der Waals surface area contributed by atoms with Crippen LogP contribution in [0.25, 0.3) is 5.57 Å². The van der Waals surface area contributed by atoms with Crippen molar-refractivity contribution in [3.8, 4) is 5.75 Å². The highest BCUT2D eigenvalue weighted by Gasteiger charge is 2.41. The highest BCUT2D eigenvalue weighted by Crippen LogP contribution is 2.43. The van der Waals surface area contributed by atoms with E-state index >= 15 is 0 Å². The van der Waals surface area contributed by atoms with Crippen LogP contribution in [0.4, 0.5) is 5.69 Å². The molecule has 3 aromatic carbocycles. The Kier molecular flexibility index (Phi) is 5.93. The molecule has 4 nitrogen and oxygen atoms in total. The first kappa shape index (κ1) is 20.3. The average molecular weight is 436 g/mol. The van der Waals surface area contributed by atoms with Gasteiger partial charge in [0.15, 0.2) is 0 Å². The molecule has 4 rings (SSSR count). The van der Waals surface area contributed by atoms with Crippen LogP contribution < -0.4 is 9.64 Å². The number of benzene rings is 3. The largest absolute Gasteiger partial charge is 0.492 e. The van der Waals surface area contributed by atoms with Crippen molar-refractivity contribution in [2.75, 3.05) is 11.5 Å². The van der Waals surface area contributed by atoms with Crippen molar-refractivity contribution in [3.05, 3.63) is 94.4 Å². The second kappa shape index (κ2) is 8.78. The van der Waals surface area contributed by atoms with Crippen LogP contribution in [0.5, 0.6) is 5.75 Å². The van der Waals surface area contributed by atoms with Crippen molar-refractivity contribution in [2.45, 2.75) is 11.8 Å². The summed E-state index contributed by atoms with van der Waals surface area (Å²) in [4.78, 5) is 29.4. The van der Waals surface area contributed by atoms with Crippen molar-refractivity contribution in [1.29, 1.82) is 0 Å². The van der Waals surface area contributed by atoms with Crippen molar-refractivity contribution in [2.24, 2.45) is 0 Å². The van der Waals surface area contributed by atoms with Crippen LogP contribution in [0.15, 0.2) is 88.7 Å². The van der Waals surface area contributed by atoms with Crippen molar-refractivity contribution in [3.63, 3.8) is 0 Å². The third-order valence-electron chi connectivity index (χ3n) is 4.54. The van der Waals surface area contributed by atoms with Gasteiger partial charge in [-0.1, -0.05) is 65.8 Å². The predicted molar refractivity (Wildman–Crippen MR) is 121 cm³/mol. The zero-order chi connectivity index (χ0) is 21.1. The number of hydrogen-bond acceptors (Lipinski definition) is 4. The van der Waals surface area contributed by atoms with E-state index in [1.54, 1.807) is 30.3 Å². The van der Waals surface area contributed by atoms with E-state index in [9.17, 15) is 9.59 Å². The lowest BCUT2D eigenvalue weighted by Gasteiger charge is -2.18. The second-order valence-electron chi connectivity index (χ2n) is 6.47. The maximum absolute atomic E-state index is 13.5. The number of thioether (sulfide) groups is 1. The number of hydrogen-bond donors (Lipinski definition) is 0. The second-order valence-corrected chi connectivity index (χ2v) is 7.99. The molecule has 6 heteroatoms. The molecule has 2 amide bonds. The number of imide groups is 1. The van der Waals surface area contributed by atoms with Crippen molar-refractivity contribution < 1.29 is 14.3 Å². The Morgan fingerprint density at radius 1 is 0.867 bits per heavy atom. The lowest BCUT2D eigenvalue weighted by molar-refractivity contribution is -0.119. The Morgan fingerprint density at radius 2 is 1.53 bits per heavy atom. The highest BCUT2D eigenvalue weighted by atomic mass is 35.5. The molecule has 0 unspecified atom stereocenters. The van der Waals surface area contributed by atoms with Crippen LogP contribution >= 0.6 is 23.4 Å². The van der Waals surface area contributed by atoms with Gasteiger partial charge < -0.3 is 4.74 Å². The molecule has 0 N–H and O–H groups in total.